The van der Waals surface area contributed by atoms with Crippen LogP contribution in [0.1, 0.15) is 11.7 Å². The van der Waals surface area contributed by atoms with Gasteiger partial charge in [-0.2, -0.15) is 13.2 Å². The van der Waals surface area contributed by atoms with Crippen molar-refractivity contribution in [1.82, 2.24) is 0 Å². The maximum atomic E-state index is 13.2. The second-order valence-electron chi connectivity index (χ2n) is 3.88. The van der Waals surface area contributed by atoms with E-state index in [4.69, 9.17) is 21.1 Å². The Morgan fingerprint density at radius 2 is 2.11 bits per heavy atom. The molecule has 0 spiro atoms. The van der Waals surface area contributed by atoms with Crippen LogP contribution in [0.2, 0.25) is 5.02 Å². The quantitative estimate of drug-likeness (QED) is 0.623. The SMILES string of the molecule is Fc1cc([C@H](OC[C@@H]2CO2)C(F)(F)F)ccc1Cl. The molecule has 1 fully saturated rings. The summed E-state index contributed by atoms with van der Waals surface area (Å²) in [7, 11) is 0. The molecule has 1 aromatic rings. The maximum Gasteiger partial charge on any atom is 0.418 e. The number of benzene rings is 1. The summed E-state index contributed by atoms with van der Waals surface area (Å²) in [6.45, 7) is 0.216. The minimum atomic E-state index is -4.62. The Kier molecular flexibility index (Phi) is 3.79. The predicted octanol–water partition coefficient (Wildman–Crippen LogP) is 3.50. The van der Waals surface area contributed by atoms with Gasteiger partial charge in [-0.15, -0.1) is 0 Å². The molecule has 0 aliphatic carbocycles. The smallest absolute Gasteiger partial charge is 0.371 e. The van der Waals surface area contributed by atoms with E-state index in [9.17, 15) is 17.6 Å². The van der Waals surface area contributed by atoms with Crippen molar-refractivity contribution in [2.75, 3.05) is 13.2 Å². The molecule has 1 aliphatic rings. The molecule has 0 N–H and O–H groups in total. The number of hydrogen-bond acceptors (Lipinski definition) is 2. The van der Waals surface area contributed by atoms with E-state index in [0.717, 1.165) is 18.2 Å². The lowest BCUT2D eigenvalue weighted by atomic mass is 10.1. The number of alkyl halides is 3. The highest BCUT2D eigenvalue weighted by molar-refractivity contribution is 6.30. The Morgan fingerprint density at radius 3 is 2.61 bits per heavy atom. The van der Waals surface area contributed by atoms with Crippen LogP contribution >= 0.6 is 11.6 Å². The molecule has 0 bridgehead atoms. The molecule has 0 unspecified atom stereocenters. The largest absolute Gasteiger partial charge is 0.418 e. The highest BCUT2D eigenvalue weighted by atomic mass is 35.5. The van der Waals surface area contributed by atoms with Crippen LogP contribution in [-0.4, -0.2) is 25.5 Å². The Bertz CT molecular complexity index is 432. The first-order valence-corrected chi connectivity index (χ1v) is 5.50. The summed E-state index contributed by atoms with van der Waals surface area (Å²) < 4.78 is 61.0. The third-order valence-corrected chi connectivity index (χ3v) is 2.70. The molecular weight excluding hydrogens is 276 g/mol. The van der Waals surface area contributed by atoms with Crippen LogP contribution in [0, 0.1) is 5.82 Å². The lowest BCUT2D eigenvalue weighted by molar-refractivity contribution is -0.224. The van der Waals surface area contributed by atoms with E-state index in [1.807, 2.05) is 0 Å². The Morgan fingerprint density at radius 1 is 1.44 bits per heavy atom. The number of ether oxygens (including phenoxy) is 2. The van der Waals surface area contributed by atoms with Crippen molar-refractivity contribution >= 4 is 11.6 Å². The lowest BCUT2D eigenvalue weighted by Gasteiger charge is -2.21. The molecule has 1 aromatic carbocycles. The van der Waals surface area contributed by atoms with Crippen molar-refractivity contribution in [3.63, 3.8) is 0 Å². The van der Waals surface area contributed by atoms with E-state index in [1.165, 1.54) is 0 Å². The summed E-state index contributed by atoms with van der Waals surface area (Å²) in [4.78, 5) is 0. The molecule has 1 aliphatic heterocycles. The molecule has 2 nitrogen and oxygen atoms in total. The molecular formula is C11H9ClF4O2. The first-order valence-electron chi connectivity index (χ1n) is 5.13. The Labute approximate surface area is 105 Å². The van der Waals surface area contributed by atoms with Gasteiger partial charge >= 0.3 is 6.18 Å². The summed E-state index contributed by atoms with van der Waals surface area (Å²) in [6.07, 6.45) is -7.09. The Hall–Kier alpha value is -0.850. The third kappa shape index (κ3) is 3.34. The van der Waals surface area contributed by atoms with Gasteiger partial charge in [-0.25, -0.2) is 4.39 Å². The second-order valence-corrected chi connectivity index (χ2v) is 4.29. The van der Waals surface area contributed by atoms with E-state index >= 15 is 0 Å². The zero-order chi connectivity index (χ0) is 13.3. The number of epoxide rings is 1. The summed E-state index contributed by atoms with van der Waals surface area (Å²) in [5.74, 6) is -0.908. The van der Waals surface area contributed by atoms with Crippen molar-refractivity contribution < 1.29 is 27.0 Å². The molecule has 0 aromatic heterocycles. The minimum Gasteiger partial charge on any atom is -0.371 e. The molecule has 1 saturated heterocycles. The average molecular weight is 285 g/mol. The maximum absolute atomic E-state index is 13.2. The van der Waals surface area contributed by atoms with Gasteiger partial charge in [0.15, 0.2) is 6.10 Å². The summed E-state index contributed by atoms with van der Waals surface area (Å²) in [5, 5.41) is -0.231. The van der Waals surface area contributed by atoms with Gasteiger partial charge in [-0.3, -0.25) is 0 Å². The van der Waals surface area contributed by atoms with Gasteiger partial charge in [-0.1, -0.05) is 17.7 Å². The van der Waals surface area contributed by atoms with Crippen molar-refractivity contribution in [1.29, 1.82) is 0 Å². The fourth-order valence-corrected chi connectivity index (χ4v) is 1.54. The molecule has 1 heterocycles. The van der Waals surface area contributed by atoms with Gasteiger partial charge in [0, 0.05) is 0 Å². The molecule has 7 heteroatoms. The third-order valence-electron chi connectivity index (χ3n) is 2.39. The van der Waals surface area contributed by atoms with E-state index in [0.29, 0.717) is 6.61 Å². The van der Waals surface area contributed by atoms with E-state index in [2.05, 4.69) is 0 Å². The predicted molar refractivity (Wildman–Crippen MR) is 55.9 cm³/mol. The van der Waals surface area contributed by atoms with Crippen LogP contribution in [-0.2, 0) is 9.47 Å². The normalized spacial score (nSPS) is 20.8. The van der Waals surface area contributed by atoms with Crippen LogP contribution in [0.3, 0.4) is 0 Å². The van der Waals surface area contributed by atoms with Crippen LogP contribution in [0.15, 0.2) is 18.2 Å². The topological polar surface area (TPSA) is 21.8 Å². The molecule has 18 heavy (non-hydrogen) atoms. The number of halogens is 5. The minimum absolute atomic E-state index is 0.172. The van der Waals surface area contributed by atoms with Crippen LogP contribution < -0.4 is 0 Å². The van der Waals surface area contributed by atoms with Gasteiger partial charge in [-0.05, 0) is 17.7 Å². The molecule has 0 amide bonds. The fourth-order valence-electron chi connectivity index (χ4n) is 1.42. The first kappa shape index (κ1) is 13.6. The van der Waals surface area contributed by atoms with Gasteiger partial charge in [0.2, 0.25) is 0 Å². The second kappa shape index (κ2) is 5.03. The average Bonchev–Trinajstić information content (AvgIpc) is 3.05. The zero-order valence-corrected chi connectivity index (χ0v) is 9.76. The molecule has 0 radical (unpaired) electrons. The van der Waals surface area contributed by atoms with E-state index in [-0.39, 0.29) is 23.3 Å². The number of hydrogen-bond donors (Lipinski definition) is 0. The van der Waals surface area contributed by atoms with Gasteiger partial charge in [0.1, 0.15) is 11.9 Å². The molecule has 100 valence electrons. The summed E-state index contributed by atoms with van der Waals surface area (Å²) >= 11 is 5.42. The monoisotopic (exact) mass is 284 g/mol. The lowest BCUT2D eigenvalue weighted by Crippen LogP contribution is -2.25. The van der Waals surface area contributed by atoms with Crippen molar-refractivity contribution in [2.45, 2.75) is 18.4 Å². The van der Waals surface area contributed by atoms with E-state index < -0.39 is 18.1 Å². The summed E-state index contributed by atoms with van der Waals surface area (Å²) in [5.41, 5.74) is -0.315. The fraction of sp³-hybridized carbons (Fsp3) is 0.455. The summed E-state index contributed by atoms with van der Waals surface area (Å²) in [6, 6.07) is 2.90. The van der Waals surface area contributed by atoms with Crippen LogP contribution in [0.25, 0.3) is 0 Å². The Balaban J connectivity index is 2.17. The highest BCUT2D eigenvalue weighted by Gasteiger charge is 2.43. The first-order chi connectivity index (χ1) is 8.38. The highest BCUT2D eigenvalue weighted by Crippen LogP contribution is 2.37. The molecule has 2 atom stereocenters. The van der Waals surface area contributed by atoms with Crippen molar-refractivity contribution in [3.8, 4) is 0 Å². The van der Waals surface area contributed by atoms with Gasteiger partial charge in [0.05, 0.1) is 18.2 Å². The van der Waals surface area contributed by atoms with Crippen molar-refractivity contribution in [3.05, 3.63) is 34.6 Å². The molecule has 0 saturated carbocycles. The van der Waals surface area contributed by atoms with Crippen molar-refractivity contribution in [2.24, 2.45) is 0 Å². The zero-order valence-electron chi connectivity index (χ0n) is 9.01. The number of rotatable bonds is 4. The van der Waals surface area contributed by atoms with Crippen LogP contribution in [0.4, 0.5) is 17.6 Å². The van der Waals surface area contributed by atoms with E-state index in [1.54, 1.807) is 0 Å². The van der Waals surface area contributed by atoms with Gasteiger partial charge in [0.25, 0.3) is 0 Å². The van der Waals surface area contributed by atoms with Gasteiger partial charge < -0.3 is 9.47 Å². The standard InChI is InChI=1S/C11H9ClF4O2/c12-8-2-1-6(3-9(8)13)10(11(14,15)16)18-5-7-4-17-7/h1-3,7,10H,4-5H2/t7-,10-/m0/s1. The van der Waals surface area contributed by atoms with Crippen LogP contribution in [0.5, 0.6) is 0 Å². The molecule has 2 rings (SSSR count).